The molecule has 0 spiro atoms. The van der Waals surface area contributed by atoms with E-state index in [1.54, 1.807) is 18.5 Å². The number of alkyl carbamates (subject to hydrolysis) is 2. The molecule has 0 radical (unpaired) electrons. The number of halogens is 3. The summed E-state index contributed by atoms with van der Waals surface area (Å²) in [4.78, 5) is 30.5. The third-order valence-corrected chi connectivity index (χ3v) is 6.12. The van der Waals surface area contributed by atoms with Gasteiger partial charge in [-0.2, -0.15) is 0 Å². The largest absolute Gasteiger partial charge is 0.445 e. The Morgan fingerprint density at radius 2 is 1.21 bits per heavy atom. The van der Waals surface area contributed by atoms with E-state index in [4.69, 9.17) is 15.9 Å². The molecule has 0 saturated carbocycles. The zero-order valence-corrected chi connectivity index (χ0v) is 27.6. The predicted molar refractivity (Wildman–Crippen MR) is 177 cm³/mol. The second-order valence-electron chi connectivity index (χ2n) is 8.00. The molecule has 2 aromatic heterocycles. The Morgan fingerprint density at radius 3 is 1.65 bits per heavy atom. The highest BCUT2D eigenvalue weighted by atomic mass is 79.9. The number of hydrogen-bond acceptors (Lipinski definition) is 6. The lowest BCUT2D eigenvalue weighted by molar-refractivity contribution is 0.140. The molecule has 43 heavy (non-hydrogen) atoms. The minimum absolute atomic E-state index is 0.188. The molecule has 0 fully saturated rings. The van der Waals surface area contributed by atoms with E-state index in [0.29, 0.717) is 5.69 Å². The van der Waals surface area contributed by atoms with Crippen LogP contribution in [0.2, 0.25) is 0 Å². The molecule has 0 saturated heterocycles. The number of hydrogen-bond donors (Lipinski definition) is 2. The Hall–Kier alpha value is -4.16. The van der Waals surface area contributed by atoms with Crippen LogP contribution >= 0.6 is 47.8 Å². The molecule has 4 rings (SSSR count). The van der Waals surface area contributed by atoms with Crippen molar-refractivity contribution in [3.8, 4) is 24.2 Å². The van der Waals surface area contributed by atoms with Gasteiger partial charge in [-0.05, 0) is 89.1 Å². The van der Waals surface area contributed by atoms with Crippen LogP contribution in [0.4, 0.5) is 9.59 Å². The third kappa shape index (κ3) is 17.4. The first kappa shape index (κ1) is 35.0. The molecule has 0 aliphatic carbocycles. The van der Waals surface area contributed by atoms with E-state index in [1.807, 2.05) is 78.9 Å². The van der Waals surface area contributed by atoms with Gasteiger partial charge >= 0.3 is 12.2 Å². The zero-order valence-electron chi connectivity index (χ0n) is 22.8. The summed E-state index contributed by atoms with van der Waals surface area (Å²) in [5.74, 6) is 7.94. The molecule has 0 aliphatic rings. The maximum Gasteiger partial charge on any atom is 0.408 e. The van der Waals surface area contributed by atoms with Crippen LogP contribution in [0.15, 0.2) is 111 Å². The standard InChI is InChI=1S/C16H13BrN2O2.C11H11NO2.C5H3Br2N/c17-14-8-9-15(19-11-14)7-4-10-18-16(20)21-12-13-5-2-1-3-6-13;1-2-8-12-11(13)14-9-10-6-4-3-5-7-10;6-4-1-2-5(7)8-3-4/h1-3,5-6,8-9,11H,10,12H2,(H,18,20);1,3-7H,8-9H2,(H,12,13);1-3H. The SMILES string of the molecule is Brc1ccc(Br)nc1.C#CCNC(=O)OCc1ccccc1.O=C(NCC#Cc1ccc(Br)cn1)OCc1ccccc1. The number of carbonyl (C=O) groups excluding carboxylic acids is 2. The fraction of sp³-hybridized carbons (Fsp3) is 0.125. The lowest BCUT2D eigenvalue weighted by Gasteiger charge is -2.04. The van der Waals surface area contributed by atoms with Crippen LogP contribution in [-0.4, -0.2) is 35.2 Å². The fourth-order valence-corrected chi connectivity index (χ4v) is 3.43. The number of carbonyl (C=O) groups is 2. The summed E-state index contributed by atoms with van der Waals surface area (Å²) in [5.41, 5.74) is 2.54. The van der Waals surface area contributed by atoms with Gasteiger partial charge in [0, 0.05) is 21.3 Å². The van der Waals surface area contributed by atoms with Crippen molar-refractivity contribution >= 4 is 60.0 Å². The molecular formula is C32H27Br3N4O4. The highest BCUT2D eigenvalue weighted by Gasteiger charge is 2.01. The van der Waals surface area contributed by atoms with Crippen LogP contribution in [0.1, 0.15) is 16.8 Å². The number of nitrogens with one attached hydrogen (secondary N) is 2. The number of rotatable bonds is 6. The maximum absolute atomic E-state index is 11.4. The Kier molecular flexibility index (Phi) is 17.5. The molecule has 0 aliphatic heterocycles. The van der Waals surface area contributed by atoms with Gasteiger partial charge in [0.1, 0.15) is 23.5 Å². The van der Waals surface area contributed by atoms with Crippen molar-refractivity contribution in [2.24, 2.45) is 0 Å². The molecule has 2 N–H and O–H groups in total. The van der Waals surface area contributed by atoms with Crippen LogP contribution in [-0.2, 0) is 22.7 Å². The van der Waals surface area contributed by atoms with Gasteiger partial charge in [0.2, 0.25) is 0 Å². The van der Waals surface area contributed by atoms with Gasteiger partial charge in [-0.3, -0.25) is 0 Å². The van der Waals surface area contributed by atoms with Crippen LogP contribution < -0.4 is 10.6 Å². The highest BCUT2D eigenvalue weighted by Crippen LogP contribution is 2.10. The predicted octanol–water partition coefficient (Wildman–Crippen LogP) is 7.27. The minimum atomic E-state index is -0.494. The van der Waals surface area contributed by atoms with E-state index in [2.05, 4.69) is 86.2 Å². The van der Waals surface area contributed by atoms with E-state index >= 15 is 0 Å². The second kappa shape index (κ2) is 21.5. The van der Waals surface area contributed by atoms with Crippen molar-refractivity contribution in [3.63, 3.8) is 0 Å². The number of amides is 2. The Morgan fingerprint density at radius 1 is 0.698 bits per heavy atom. The maximum atomic E-state index is 11.4. The molecule has 0 unspecified atom stereocenters. The number of pyridine rings is 2. The molecule has 2 heterocycles. The summed E-state index contributed by atoms with van der Waals surface area (Å²) in [6, 6.07) is 26.4. The van der Waals surface area contributed by atoms with Gasteiger partial charge in [-0.25, -0.2) is 19.6 Å². The summed E-state index contributed by atoms with van der Waals surface area (Å²) in [5, 5.41) is 4.97. The van der Waals surface area contributed by atoms with E-state index in [9.17, 15) is 9.59 Å². The van der Waals surface area contributed by atoms with Crippen molar-refractivity contribution < 1.29 is 19.1 Å². The average molecular weight is 771 g/mol. The minimum Gasteiger partial charge on any atom is -0.445 e. The lowest BCUT2D eigenvalue weighted by Crippen LogP contribution is -2.24. The van der Waals surface area contributed by atoms with Gasteiger partial charge in [-0.15, -0.1) is 6.42 Å². The summed E-state index contributed by atoms with van der Waals surface area (Å²) in [6.45, 7) is 0.907. The Labute approximate surface area is 276 Å². The van der Waals surface area contributed by atoms with Gasteiger partial charge in [0.25, 0.3) is 0 Å². The number of nitrogens with zero attached hydrogens (tertiary/aromatic N) is 2. The summed E-state index contributed by atoms with van der Waals surface area (Å²) < 4.78 is 12.7. The lowest BCUT2D eigenvalue weighted by atomic mass is 10.2. The van der Waals surface area contributed by atoms with E-state index in [1.165, 1.54) is 0 Å². The molecule has 8 nitrogen and oxygen atoms in total. The van der Waals surface area contributed by atoms with Crippen LogP contribution in [0.25, 0.3) is 0 Å². The van der Waals surface area contributed by atoms with Crippen LogP contribution in [0.3, 0.4) is 0 Å². The van der Waals surface area contributed by atoms with Crippen molar-refractivity contribution in [1.82, 2.24) is 20.6 Å². The third-order valence-electron chi connectivity index (χ3n) is 4.72. The van der Waals surface area contributed by atoms with E-state index < -0.39 is 12.2 Å². The fourth-order valence-electron chi connectivity index (χ4n) is 2.73. The van der Waals surface area contributed by atoms with Crippen LogP contribution in [0.5, 0.6) is 0 Å². The van der Waals surface area contributed by atoms with E-state index in [-0.39, 0.29) is 26.3 Å². The smallest absolute Gasteiger partial charge is 0.408 e. The summed E-state index contributed by atoms with van der Waals surface area (Å²) >= 11 is 9.77. The van der Waals surface area contributed by atoms with Gasteiger partial charge in [-0.1, -0.05) is 72.5 Å². The van der Waals surface area contributed by atoms with Gasteiger partial charge in [0.15, 0.2) is 0 Å². The molecule has 0 bridgehead atoms. The molecule has 2 aromatic carbocycles. The van der Waals surface area contributed by atoms with Crippen molar-refractivity contribution in [2.45, 2.75) is 13.2 Å². The topological polar surface area (TPSA) is 102 Å². The van der Waals surface area contributed by atoms with Crippen molar-refractivity contribution in [3.05, 3.63) is 128 Å². The van der Waals surface area contributed by atoms with Crippen molar-refractivity contribution in [1.29, 1.82) is 0 Å². The first-order valence-corrected chi connectivity index (χ1v) is 14.9. The first-order valence-electron chi connectivity index (χ1n) is 12.6. The molecular weight excluding hydrogens is 744 g/mol. The van der Waals surface area contributed by atoms with Crippen molar-refractivity contribution in [2.75, 3.05) is 13.1 Å². The van der Waals surface area contributed by atoms with Gasteiger partial charge < -0.3 is 20.1 Å². The Bertz CT molecular complexity index is 1470. The molecule has 11 heteroatoms. The summed E-state index contributed by atoms with van der Waals surface area (Å²) in [6.07, 6.45) is 7.39. The molecule has 220 valence electrons. The first-order chi connectivity index (χ1) is 20.9. The van der Waals surface area contributed by atoms with Gasteiger partial charge in [0.05, 0.1) is 13.1 Å². The average Bonchev–Trinajstić information content (AvgIpc) is 3.04. The Balaban J connectivity index is 0.000000251. The number of ether oxygens (including phenoxy) is 2. The highest BCUT2D eigenvalue weighted by molar-refractivity contribution is 9.11. The zero-order chi connectivity index (χ0) is 31.1. The molecule has 4 aromatic rings. The van der Waals surface area contributed by atoms with E-state index in [0.717, 1.165) is 24.7 Å². The molecule has 2 amide bonds. The quantitative estimate of drug-likeness (QED) is 0.158. The molecule has 0 atom stereocenters. The number of terminal acetylenes is 1. The number of benzene rings is 2. The second-order valence-corrected chi connectivity index (χ2v) is 10.6. The van der Waals surface area contributed by atoms with Crippen LogP contribution in [0, 0.1) is 24.2 Å². The normalized spacial score (nSPS) is 9.16. The monoisotopic (exact) mass is 768 g/mol. The summed E-state index contributed by atoms with van der Waals surface area (Å²) in [7, 11) is 0. The number of aromatic nitrogens is 2.